The van der Waals surface area contributed by atoms with Crippen molar-refractivity contribution in [1.29, 1.82) is 0 Å². The Hall–Kier alpha value is -1.19. The zero-order valence-electron chi connectivity index (χ0n) is 7.86. The van der Waals surface area contributed by atoms with Crippen LogP contribution in [0.25, 0.3) is 0 Å². The van der Waals surface area contributed by atoms with Gasteiger partial charge in [-0.05, 0) is 18.8 Å². The van der Waals surface area contributed by atoms with Gasteiger partial charge in [-0.15, -0.1) is 0 Å². The first-order chi connectivity index (χ1) is 6.18. The summed E-state index contributed by atoms with van der Waals surface area (Å²) in [5.41, 5.74) is 5.75. The zero-order chi connectivity index (χ0) is 9.42. The van der Waals surface area contributed by atoms with Crippen molar-refractivity contribution >= 4 is 5.82 Å². The molecule has 1 aromatic rings. The SMILES string of the molecule is C[C@@H]1CCCn2c(N)cc(=O)n2C1. The van der Waals surface area contributed by atoms with Crippen molar-refractivity contribution in [3.63, 3.8) is 0 Å². The van der Waals surface area contributed by atoms with Crippen LogP contribution in [0, 0.1) is 5.92 Å². The Balaban J connectivity index is 2.48. The van der Waals surface area contributed by atoms with Gasteiger partial charge in [0.05, 0.1) is 0 Å². The molecule has 72 valence electrons. The maximum absolute atomic E-state index is 11.4. The second kappa shape index (κ2) is 2.94. The first-order valence-corrected chi connectivity index (χ1v) is 4.74. The molecule has 0 radical (unpaired) electrons. The minimum atomic E-state index is 0.0336. The number of anilines is 1. The molecule has 0 unspecified atom stereocenters. The quantitative estimate of drug-likeness (QED) is 0.639. The van der Waals surface area contributed by atoms with E-state index in [1.807, 2.05) is 4.68 Å². The van der Waals surface area contributed by atoms with E-state index in [0.717, 1.165) is 19.5 Å². The van der Waals surface area contributed by atoms with Crippen LogP contribution in [0.5, 0.6) is 0 Å². The van der Waals surface area contributed by atoms with Crippen LogP contribution >= 0.6 is 0 Å². The number of rotatable bonds is 0. The molecule has 4 nitrogen and oxygen atoms in total. The fraction of sp³-hybridized carbons (Fsp3) is 0.667. The number of nitrogens with zero attached hydrogens (tertiary/aromatic N) is 2. The van der Waals surface area contributed by atoms with Gasteiger partial charge in [0.1, 0.15) is 5.82 Å². The van der Waals surface area contributed by atoms with E-state index in [1.165, 1.54) is 12.5 Å². The Kier molecular flexibility index (Phi) is 1.90. The van der Waals surface area contributed by atoms with Crippen LogP contribution in [0.2, 0.25) is 0 Å². The number of hydrogen-bond acceptors (Lipinski definition) is 2. The minimum Gasteiger partial charge on any atom is -0.384 e. The zero-order valence-corrected chi connectivity index (χ0v) is 7.86. The normalized spacial score (nSPS) is 22.4. The average Bonchev–Trinajstić information content (AvgIpc) is 2.28. The predicted octanol–water partition coefficient (Wildman–Crippen LogP) is 0.662. The van der Waals surface area contributed by atoms with E-state index in [2.05, 4.69) is 6.92 Å². The highest BCUT2D eigenvalue weighted by Crippen LogP contribution is 2.15. The Morgan fingerprint density at radius 2 is 2.31 bits per heavy atom. The van der Waals surface area contributed by atoms with Crippen molar-refractivity contribution in [3.8, 4) is 0 Å². The summed E-state index contributed by atoms with van der Waals surface area (Å²) in [6, 6.07) is 1.51. The molecular formula is C9H15N3O. The summed E-state index contributed by atoms with van der Waals surface area (Å²) in [7, 11) is 0. The van der Waals surface area contributed by atoms with E-state index in [0.29, 0.717) is 11.7 Å². The number of aromatic nitrogens is 2. The summed E-state index contributed by atoms with van der Waals surface area (Å²) in [5.74, 6) is 1.17. The van der Waals surface area contributed by atoms with Crippen molar-refractivity contribution in [1.82, 2.24) is 9.36 Å². The molecule has 1 atom stereocenters. The fourth-order valence-electron chi connectivity index (χ4n) is 1.95. The lowest BCUT2D eigenvalue weighted by atomic mass is 10.1. The molecule has 0 saturated heterocycles. The van der Waals surface area contributed by atoms with Crippen molar-refractivity contribution in [2.75, 3.05) is 5.73 Å². The molecule has 0 aromatic carbocycles. The third-order valence-electron chi connectivity index (χ3n) is 2.67. The number of nitrogens with two attached hydrogens (primary N) is 1. The molecule has 0 amide bonds. The molecule has 1 aliphatic rings. The molecule has 2 rings (SSSR count). The van der Waals surface area contributed by atoms with Gasteiger partial charge in [0.15, 0.2) is 0 Å². The van der Waals surface area contributed by atoms with Crippen LogP contribution in [0.1, 0.15) is 19.8 Å². The van der Waals surface area contributed by atoms with Crippen molar-refractivity contribution in [2.45, 2.75) is 32.9 Å². The Labute approximate surface area is 76.9 Å². The minimum absolute atomic E-state index is 0.0336. The van der Waals surface area contributed by atoms with Gasteiger partial charge >= 0.3 is 0 Å². The van der Waals surface area contributed by atoms with Gasteiger partial charge in [0.2, 0.25) is 0 Å². The maximum Gasteiger partial charge on any atom is 0.268 e. The van der Waals surface area contributed by atoms with Crippen molar-refractivity contribution in [2.24, 2.45) is 5.92 Å². The highest BCUT2D eigenvalue weighted by atomic mass is 16.1. The smallest absolute Gasteiger partial charge is 0.268 e. The van der Waals surface area contributed by atoms with E-state index in [9.17, 15) is 4.79 Å². The summed E-state index contributed by atoms with van der Waals surface area (Å²) in [5, 5.41) is 0. The van der Waals surface area contributed by atoms with Crippen LogP contribution in [0.3, 0.4) is 0 Å². The highest BCUT2D eigenvalue weighted by molar-refractivity contribution is 5.26. The van der Waals surface area contributed by atoms with E-state index in [-0.39, 0.29) is 5.56 Å². The third kappa shape index (κ3) is 1.36. The van der Waals surface area contributed by atoms with Gasteiger partial charge in [-0.25, -0.2) is 4.68 Å². The molecule has 1 aliphatic heterocycles. The number of hydrogen-bond donors (Lipinski definition) is 1. The Morgan fingerprint density at radius 1 is 1.54 bits per heavy atom. The molecule has 13 heavy (non-hydrogen) atoms. The number of nitrogen functional groups attached to an aromatic ring is 1. The van der Waals surface area contributed by atoms with Crippen LogP contribution in [0.15, 0.2) is 10.9 Å². The molecule has 0 spiro atoms. The van der Waals surface area contributed by atoms with Crippen LogP contribution in [0.4, 0.5) is 5.82 Å². The Morgan fingerprint density at radius 3 is 3.08 bits per heavy atom. The third-order valence-corrected chi connectivity index (χ3v) is 2.67. The molecule has 0 aliphatic carbocycles. The molecule has 1 aromatic heterocycles. The first kappa shape index (κ1) is 8.41. The molecule has 0 saturated carbocycles. The topological polar surface area (TPSA) is 52.9 Å². The first-order valence-electron chi connectivity index (χ1n) is 4.74. The molecule has 2 N–H and O–H groups in total. The molecule has 0 bridgehead atoms. The Bertz CT molecular complexity index is 363. The summed E-state index contributed by atoms with van der Waals surface area (Å²) >= 11 is 0. The fourth-order valence-corrected chi connectivity index (χ4v) is 1.95. The molecule has 2 heterocycles. The highest BCUT2D eigenvalue weighted by Gasteiger charge is 2.15. The largest absolute Gasteiger partial charge is 0.384 e. The number of fused-ring (bicyclic) bond motifs is 1. The van der Waals surface area contributed by atoms with Gasteiger partial charge in [0, 0.05) is 19.2 Å². The van der Waals surface area contributed by atoms with Gasteiger partial charge in [-0.1, -0.05) is 6.92 Å². The van der Waals surface area contributed by atoms with E-state index < -0.39 is 0 Å². The molecular weight excluding hydrogens is 166 g/mol. The second-order valence-corrected chi connectivity index (χ2v) is 3.86. The van der Waals surface area contributed by atoms with E-state index in [1.54, 1.807) is 4.68 Å². The van der Waals surface area contributed by atoms with Crippen LogP contribution in [-0.2, 0) is 13.1 Å². The van der Waals surface area contributed by atoms with Gasteiger partial charge in [-0.3, -0.25) is 9.48 Å². The predicted molar refractivity (Wildman–Crippen MR) is 51.5 cm³/mol. The second-order valence-electron chi connectivity index (χ2n) is 3.86. The maximum atomic E-state index is 11.4. The lowest BCUT2D eigenvalue weighted by molar-refractivity contribution is 0.422. The van der Waals surface area contributed by atoms with E-state index in [4.69, 9.17) is 5.73 Å². The lowest BCUT2D eigenvalue weighted by Crippen LogP contribution is -2.23. The van der Waals surface area contributed by atoms with Crippen molar-refractivity contribution < 1.29 is 0 Å². The standard InChI is InChI=1S/C9H15N3O/c1-7-3-2-4-11-8(10)5-9(13)12(11)6-7/h5,7H,2-4,6,10H2,1H3/t7-/m1/s1. The summed E-state index contributed by atoms with van der Waals surface area (Å²) in [6.07, 6.45) is 2.28. The summed E-state index contributed by atoms with van der Waals surface area (Å²) in [4.78, 5) is 11.4. The average molecular weight is 181 g/mol. The van der Waals surface area contributed by atoms with Gasteiger partial charge in [-0.2, -0.15) is 0 Å². The summed E-state index contributed by atoms with van der Waals surface area (Å²) in [6.45, 7) is 3.85. The lowest BCUT2D eigenvalue weighted by Gasteiger charge is -2.09. The van der Waals surface area contributed by atoms with Crippen molar-refractivity contribution in [3.05, 3.63) is 16.4 Å². The van der Waals surface area contributed by atoms with Crippen LogP contribution < -0.4 is 11.3 Å². The van der Waals surface area contributed by atoms with Gasteiger partial charge in [0.25, 0.3) is 5.56 Å². The van der Waals surface area contributed by atoms with Crippen LogP contribution in [-0.4, -0.2) is 9.36 Å². The molecule has 4 heteroatoms. The molecule has 0 fully saturated rings. The monoisotopic (exact) mass is 181 g/mol. The summed E-state index contributed by atoms with van der Waals surface area (Å²) < 4.78 is 3.65. The van der Waals surface area contributed by atoms with Gasteiger partial charge < -0.3 is 5.73 Å². The van der Waals surface area contributed by atoms with E-state index >= 15 is 0 Å².